The molecule has 0 aliphatic heterocycles. The molecule has 1 N–H and O–H groups in total. The second-order valence-electron chi connectivity index (χ2n) is 4.77. The van der Waals surface area contributed by atoms with Gasteiger partial charge in [-0.15, -0.1) is 0 Å². The summed E-state index contributed by atoms with van der Waals surface area (Å²) in [4.78, 5) is 11.8. The third-order valence-electron chi connectivity index (χ3n) is 1.95. The van der Waals surface area contributed by atoms with Gasteiger partial charge in [0.2, 0.25) is 0 Å². The minimum absolute atomic E-state index is 0.0353. The van der Waals surface area contributed by atoms with Crippen LogP contribution < -0.4 is 10.1 Å². The van der Waals surface area contributed by atoms with E-state index in [4.69, 9.17) is 4.74 Å². The number of alkyl halides is 1. The summed E-state index contributed by atoms with van der Waals surface area (Å²) in [6.45, 7) is 5.27. The Labute approximate surface area is 101 Å². The largest absolute Gasteiger partial charge is 0.491 e. The first kappa shape index (κ1) is 13.5. The van der Waals surface area contributed by atoms with Crippen LogP contribution in [0.15, 0.2) is 24.3 Å². The van der Waals surface area contributed by atoms with E-state index < -0.39 is 6.67 Å². The molecule has 0 spiro atoms. The standard InChI is InChI=1S/C13H18FNO2/c1-13(2,3)15-12(16)10-4-6-11(7-5-10)17-9-8-14/h4-7H,8-9H2,1-3H3,(H,15,16). The Bertz CT molecular complexity index is 368. The quantitative estimate of drug-likeness (QED) is 0.877. The fourth-order valence-corrected chi connectivity index (χ4v) is 1.27. The van der Waals surface area contributed by atoms with Gasteiger partial charge in [-0.25, -0.2) is 4.39 Å². The maximum atomic E-state index is 11.9. The molecule has 0 bridgehead atoms. The topological polar surface area (TPSA) is 38.3 Å². The van der Waals surface area contributed by atoms with Gasteiger partial charge in [-0.3, -0.25) is 4.79 Å². The smallest absolute Gasteiger partial charge is 0.251 e. The molecule has 1 amide bonds. The lowest BCUT2D eigenvalue weighted by atomic mass is 10.1. The number of halogens is 1. The first-order valence-electron chi connectivity index (χ1n) is 5.54. The predicted octanol–water partition coefficient (Wildman–Crippen LogP) is 2.56. The van der Waals surface area contributed by atoms with Gasteiger partial charge in [0.1, 0.15) is 19.0 Å². The molecular formula is C13H18FNO2. The molecule has 4 heteroatoms. The molecule has 3 nitrogen and oxygen atoms in total. The average Bonchev–Trinajstić information content (AvgIpc) is 2.24. The first-order chi connectivity index (χ1) is 7.92. The van der Waals surface area contributed by atoms with Crippen molar-refractivity contribution < 1.29 is 13.9 Å². The zero-order valence-corrected chi connectivity index (χ0v) is 10.4. The number of carbonyl (C=O) groups excluding carboxylic acids is 1. The highest BCUT2D eigenvalue weighted by molar-refractivity contribution is 5.94. The molecule has 0 atom stereocenters. The molecule has 0 heterocycles. The fraction of sp³-hybridized carbons (Fsp3) is 0.462. The summed E-state index contributed by atoms with van der Waals surface area (Å²) in [5.41, 5.74) is 0.299. The van der Waals surface area contributed by atoms with Gasteiger partial charge < -0.3 is 10.1 Å². The summed E-state index contributed by atoms with van der Waals surface area (Å²) in [7, 11) is 0. The van der Waals surface area contributed by atoms with Crippen molar-refractivity contribution in [2.45, 2.75) is 26.3 Å². The van der Waals surface area contributed by atoms with Crippen molar-refractivity contribution in [3.63, 3.8) is 0 Å². The van der Waals surface area contributed by atoms with Crippen LogP contribution in [0.3, 0.4) is 0 Å². The number of rotatable bonds is 4. The lowest BCUT2D eigenvalue weighted by Gasteiger charge is -2.20. The van der Waals surface area contributed by atoms with Gasteiger partial charge in [-0.2, -0.15) is 0 Å². The van der Waals surface area contributed by atoms with Gasteiger partial charge in [0.15, 0.2) is 0 Å². The van der Waals surface area contributed by atoms with E-state index in [0.29, 0.717) is 11.3 Å². The van der Waals surface area contributed by atoms with E-state index >= 15 is 0 Å². The zero-order chi connectivity index (χ0) is 12.9. The number of ether oxygens (including phenoxy) is 1. The lowest BCUT2D eigenvalue weighted by Crippen LogP contribution is -2.40. The Balaban J connectivity index is 2.64. The van der Waals surface area contributed by atoms with Crippen LogP contribution in [-0.4, -0.2) is 24.7 Å². The molecule has 0 aromatic heterocycles. The molecule has 94 valence electrons. The Morgan fingerprint density at radius 2 is 1.88 bits per heavy atom. The van der Waals surface area contributed by atoms with Gasteiger partial charge in [-0.05, 0) is 45.0 Å². The number of benzene rings is 1. The van der Waals surface area contributed by atoms with Crippen molar-refractivity contribution in [3.05, 3.63) is 29.8 Å². The molecule has 1 aromatic rings. The summed E-state index contributed by atoms with van der Waals surface area (Å²) >= 11 is 0. The third kappa shape index (κ3) is 4.85. The maximum Gasteiger partial charge on any atom is 0.251 e. The monoisotopic (exact) mass is 239 g/mol. The Morgan fingerprint density at radius 1 is 1.29 bits per heavy atom. The zero-order valence-electron chi connectivity index (χ0n) is 10.4. The molecular weight excluding hydrogens is 221 g/mol. The van der Waals surface area contributed by atoms with Crippen molar-refractivity contribution >= 4 is 5.91 Å². The van der Waals surface area contributed by atoms with Crippen molar-refractivity contribution in [1.82, 2.24) is 5.32 Å². The molecule has 0 saturated heterocycles. The molecule has 0 saturated carbocycles. The molecule has 1 aromatic carbocycles. The van der Waals surface area contributed by atoms with Gasteiger partial charge in [-0.1, -0.05) is 0 Å². The average molecular weight is 239 g/mol. The van der Waals surface area contributed by atoms with Crippen molar-refractivity contribution in [2.24, 2.45) is 0 Å². The lowest BCUT2D eigenvalue weighted by molar-refractivity contribution is 0.0919. The number of amides is 1. The van der Waals surface area contributed by atoms with Crippen LogP contribution in [0.4, 0.5) is 4.39 Å². The van der Waals surface area contributed by atoms with E-state index in [1.54, 1.807) is 24.3 Å². The summed E-state index contributed by atoms with van der Waals surface area (Å²) in [5, 5.41) is 2.86. The van der Waals surface area contributed by atoms with E-state index in [0.717, 1.165) is 0 Å². The second kappa shape index (κ2) is 5.66. The minimum Gasteiger partial charge on any atom is -0.491 e. The van der Waals surface area contributed by atoms with Gasteiger partial charge in [0.05, 0.1) is 0 Å². The fourth-order valence-electron chi connectivity index (χ4n) is 1.27. The molecule has 0 aliphatic rings. The van der Waals surface area contributed by atoms with Crippen LogP contribution in [0.25, 0.3) is 0 Å². The molecule has 1 rings (SSSR count). The summed E-state index contributed by atoms with van der Waals surface area (Å²) in [6.07, 6.45) is 0. The summed E-state index contributed by atoms with van der Waals surface area (Å²) in [5.74, 6) is 0.435. The number of carbonyl (C=O) groups is 1. The van der Waals surface area contributed by atoms with Gasteiger partial charge >= 0.3 is 0 Å². The highest BCUT2D eigenvalue weighted by Crippen LogP contribution is 2.13. The van der Waals surface area contributed by atoms with E-state index in [9.17, 15) is 9.18 Å². The Hall–Kier alpha value is -1.58. The molecule has 0 fully saturated rings. The van der Waals surface area contributed by atoms with Crippen LogP contribution in [-0.2, 0) is 0 Å². The van der Waals surface area contributed by atoms with E-state index in [1.807, 2.05) is 20.8 Å². The maximum absolute atomic E-state index is 11.9. The Morgan fingerprint density at radius 3 is 2.35 bits per heavy atom. The predicted molar refractivity (Wildman–Crippen MR) is 65.1 cm³/mol. The number of hydrogen-bond donors (Lipinski definition) is 1. The first-order valence-corrected chi connectivity index (χ1v) is 5.54. The molecule has 0 radical (unpaired) electrons. The van der Waals surface area contributed by atoms with Crippen molar-refractivity contribution in [1.29, 1.82) is 0 Å². The number of hydrogen-bond acceptors (Lipinski definition) is 2. The van der Waals surface area contributed by atoms with Crippen molar-refractivity contribution in [2.75, 3.05) is 13.3 Å². The van der Waals surface area contributed by atoms with Gasteiger partial charge in [0, 0.05) is 11.1 Å². The third-order valence-corrected chi connectivity index (χ3v) is 1.95. The van der Waals surface area contributed by atoms with E-state index in [1.165, 1.54) is 0 Å². The highest BCUT2D eigenvalue weighted by Gasteiger charge is 2.14. The molecule has 17 heavy (non-hydrogen) atoms. The van der Waals surface area contributed by atoms with E-state index in [-0.39, 0.29) is 18.1 Å². The van der Waals surface area contributed by atoms with Crippen LogP contribution in [0.2, 0.25) is 0 Å². The second-order valence-corrected chi connectivity index (χ2v) is 4.77. The highest BCUT2D eigenvalue weighted by atomic mass is 19.1. The molecule has 0 aliphatic carbocycles. The van der Waals surface area contributed by atoms with E-state index in [2.05, 4.69) is 5.32 Å². The summed E-state index contributed by atoms with van der Waals surface area (Å²) < 4.78 is 17.0. The number of nitrogens with one attached hydrogen (secondary N) is 1. The van der Waals surface area contributed by atoms with Crippen LogP contribution in [0.1, 0.15) is 31.1 Å². The normalized spacial score (nSPS) is 11.1. The van der Waals surface area contributed by atoms with Crippen LogP contribution >= 0.6 is 0 Å². The Kier molecular flexibility index (Phi) is 4.49. The SMILES string of the molecule is CC(C)(C)NC(=O)c1ccc(OCCF)cc1. The van der Waals surface area contributed by atoms with Crippen molar-refractivity contribution in [3.8, 4) is 5.75 Å². The minimum atomic E-state index is -0.522. The van der Waals surface area contributed by atoms with Crippen LogP contribution in [0.5, 0.6) is 5.75 Å². The van der Waals surface area contributed by atoms with Crippen LogP contribution in [0, 0.1) is 0 Å². The van der Waals surface area contributed by atoms with Gasteiger partial charge in [0.25, 0.3) is 5.91 Å². The summed E-state index contributed by atoms with van der Waals surface area (Å²) in [6, 6.07) is 6.64. The molecule has 0 unspecified atom stereocenters.